The van der Waals surface area contributed by atoms with Gasteiger partial charge in [0.15, 0.2) is 0 Å². The van der Waals surface area contributed by atoms with Gasteiger partial charge in [-0.05, 0) is 44.0 Å². The van der Waals surface area contributed by atoms with E-state index in [0.717, 1.165) is 23.4 Å². The number of rotatable bonds is 4. The van der Waals surface area contributed by atoms with Crippen molar-refractivity contribution in [2.75, 3.05) is 17.7 Å². The molecule has 1 rings (SSSR count). The third kappa shape index (κ3) is 2.86. The van der Waals surface area contributed by atoms with Gasteiger partial charge in [-0.1, -0.05) is 6.92 Å². The van der Waals surface area contributed by atoms with Gasteiger partial charge < -0.3 is 16.2 Å². The van der Waals surface area contributed by atoms with Crippen LogP contribution in [0.2, 0.25) is 0 Å². The third-order valence-corrected chi connectivity index (χ3v) is 2.82. The number of hydrogen-bond donors (Lipinski definition) is 3. The molecule has 0 aliphatic carbocycles. The van der Waals surface area contributed by atoms with Crippen molar-refractivity contribution in [3.63, 3.8) is 0 Å². The number of aliphatic hydroxyl groups is 1. The third-order valence-electron chi connectivity index (χ3n) is 2.82. The van der Waals surface area contributed by atoms with Crippen molar-refractivity contribution in [2.45, 2.75) is 32.7 Å². The van der Waals surface area contributed by atoms with Crippen molar-refractivity contribution in [3.8, 4) is 0 Å². The van der Waals surface area contributed by atoms with Crippen molar-refractivity contribution in [2.24, 2.45) is 0 Å². The molecule has 4 N–H and O–H groups in total. The first-order chi connectivity index (χ1) is 7.00. The van der Waals surface area contributed by atoms with Gasteiger partial charge in [0.25, 0.3) is 0 Å². The molecule has 0 aliphatic rings. The molecule has 0 heterocycles. The van der Waals surface area contributed by atoms with Gasteiger partial charge in [0.2, 0.25) is 0 Å². The molecule has 3 heteroatoms. The lowest BCUT2D eigenvalue weighted by molar-refractivity contribution is 0.219. The van der Waals surface area contributed by atoms with E-state index in [-0.39, 0.29) is 12.1 Å². The second kappa shape index (κ2) is 4.53. The highest BCUT2D eigenvalue weighted by atomic mass is 16.3. The van der Waals surface area contributed by atoms with Crippen LogP contribution in [0, 0.1) is 6.92 Å². The first-order valence-corrected chi connectivity index (χ1v) is 5.26. The molecule has 0 saturated carbocycles. The molecule has 15 heavy (non-hydrogen) atoms. The second-order valence-electron chi connectivity index (χ2n) is 4.27. The Hall–Kier alpha value is -1.22. The molecule has 0 amide bonds. The van der Waals surface area contributed by atoms with Crippen LogP contribution in [0.25, 0.3) is 0 Å². The maximum atomic E-state index is 9.30. The lowest BCUT2D eigenvalue weighted by Crippen LogP contribution is -2.38. The Kier molecular flexibility index (Phi) is 3.58. The summed E-state index contributed by atoms with van der Waals surface area (Å²) in [6.45, 7) is 6.18. The molecule has 0 radical (unpaired) electrons. The van der Waals surface area contributed by atoms with Crippen LogP contribution in [0.1, 0.15) is 25.8 Å². The molecule has 0 aromatic heterocycles. The smallest absolute Gasteiger partial charge is 0.0658 e. The number of aliphatic hydroxyl groups excluding tert-OH is 1. The normalized spacial score (nSPS) is 14.7. The number of benzene rings is 1. The van der Waals surface area contributed by atoms with Crippen LogP contribution in [0.15, 0.2) is 18.2 Å². The number of aryl methyl sites for hydroxylation is 1. The Balaban J connectivity index is 2.89. The second-order valence-corrected chi connectivity index (χ2v) is 4.27. The Morgan fingerprint density at radius 2 is 2.13 bits per heavy atom. The van der Waals surface area contributed by atoms with E-state index in [1.165, 1.54) is 0 Å². The lowest BCUT2D eigenvalue weighted by atomic mass is 9.99. The Morgan fingerprint density at radius 1 is 1.47 bits per heavy atom. The molecule has 1 atom stereocenters. The fourth-order valence-corrected chi connectivity index (χ4v) is 1.39. The average molecular weight is 208 g/mol. The van der Waals surface area contributed by atoms with E-state index in [4.69, 9.17) is 5.73 Å². The molecule has 84 valence electrons. The van der Waals surface area contributed by atoms with Crippen LogP contribution in [0.3, 0.4) is 0 Å². The molecule has 1 unspecified atom stereocenters. The van der Waals surface area contributed by atoms with E-state index in [1.54, 1.807) is 0 Å². The summed E-state index contributed by atoms with van der Waals surface area (Å²) in [7, 11) is 0. The molecular weight excluding hydrogens is 188 g/mol. The summed E-state index contributed by atoms with van der Waals surface area (Å²) in [5.41, 5.74) is 8.31. The van der Waals surface area contributed by atoms with Crippen LogP contribution in [0.5, 0.6) is 0 Å². The van der Waals surface area contributed by atoms with Crippen molar-refractivity contribution in [1.29, 1.82) is 0 Å². The van der Waals surface area contributed by atoms with Crippen LogP contribution in [0.4, 0.5) is 11.4 Å². The molecule has 1 aromatic rings. The first kappa shape index (κ1) is 11.9. The quantitative estimate of drug-likeness (QED) is 0.664. The van der Waals surface area contributed by atoms with E-state index in [0.29, 0.717) is 0 Å². The number of anilines is 2. The average Bonchev–Trinajstić information content (AvgIpc) is 2.22. The molecule has 1 aromatic carbocycles. The van der Waals surface area contributed by atoms with Gasteiger partial charge in [-0.15, -0.1) is 0 Å². The minimum Gasteiger partial charge on any atom is -0.399 e. The predicted molar refractivity (Wildman–Crippen MR) is 65.0 cm³/mol. The summed E-state index contributed by atoms with van der Waals surface area (Å²) in [5, 5.41) is 12.6. The van der Waals surface area contributed by atoms with Crippen LogP contribution in [-0.4, -0.2) is 17.3 Å². The van der Waals surface area contributed by atoms with E-state index >= 15 is 0 Å². The van der Waals surface area contributed by atoms with Gasteiger partial charge >= 0.3 is 0 Å². The molecule has 0 fully saturated rings. The SMILES string of the molecule is CCC(C)(CO)Nc1ccc(N)cc1C. The minimum absolute atomic E-state index is 0.118. The van der Waals surface area contributed by atoms with E-state index in [9.17, 15) is 5.11 Å². The topological polar surface area (TPSA) is 58.3 Å². The van der Waals surface area contributed by atoms with Gasteiger partial charge in [-0.25, -0.2) is 0 Å². The summed E-state index contributed by atoms with van der Waals surface area (Å²) in [4.78, 5) is 0. The summed E-state index contributed by atoms with van der Waals surface area (Å²) in [5.74, 6) is 0. The highest BCUT2D eigenvalue weighted by Crippen LogP contribution is 2.23. The van der Waals surface area contributed by atoms with Gasteiger partial charge in [0, 0.05) is 11.4 Å². The van der Waals surface area contributed by atoms with E-state index in [2.05, 4.69) is 12.2 Å². The molecule has 0 saturated heterocycles. The Labute approximate surface area is 91.3 Å². The summed E-state index contributed by atoms with van der Waals surface area (Å²) in [6.07, 6.45) is 0.868. The van der Waals surface area contributed by atoms with Gasteiger partial charge in [-0.3, -0.25) is 0 Å². The highest BCUT2D eigenvalue weighted by Gasteiger charge is 2.20. The maximum Gasteiger partial charge on any atom is 0.0658 e. The van der Waals surface area contributed by atoms with Crippen LogP contribution in [-0.2, 0) is 0 Å². The van der Waals surface area contributed by atoms with Crippen molar-refractivity contribution >= 4 is 11.4 Å². The van der Waals surface area contributed by atoms with Gasteiger partial charge in [-0.2, -0.15) is 0 Å². The Bertz CT molecular complexity index is 332. The minimum atomic E-state index is -0.263. The molecule has 0 aliphatic heterocycles. The molecular formula is C12H20N2O. The fraction of sp³-hybridized carbons (Fsp3) is 0.500. The van der Waals surface area contributed by atoms with Crippen molar-refractivity contribution in [1.82, 2.24) is 0 Å². The van der Waals surface area contributed by atoms with Crippen LogP contribution >= 0.6 is 0 Å². The molecule has 0 bridgehead atoms. The zero-order chi connectivity index (χ0) is 11.5. The predicted octanol–water partition coefficient (Wildman–Crippen LogP) is 2.15. The Morgan fingerprint density at radius 3 is 2.60 bits per heavy atom. The number of nitrogens with one attached hydrogen (secondary N) is 1. The summed E-state index contributed by atoms with van der Waals surface area (Å²) < 4.78 is 0. The summed E-state index contributed by atoms with van der Waals surface area (Å²) in [6, 6.07) is 5.74. The molecule has 3 nitrogen and oxygen atoms in total. The van der Waals surface area contributed by atoms with Gasteiger partial charge in [0.05, 0.1) is 12.1 Å². The van der Waals surface area contributed by atoms with Crippen molar-refractivity contribution in [3.05, 3.63) is 23.8 Å². The molecule has 0 spiro atoms. The van der Waals surface area contributed by atoms with Crippen LogP contribution < -0.4 is 11.1 Å². The monoisotopic (exact) mass is 208 g/mol. The zero-order valence-electron chi connectivity index (χ0n) is 9.67. The number of nitrogens with two attached hydrogens (primary N) is 1. The number of nitrogen functional groups attached to an aromatic ring is 1. The fourth-order valence-electron chi connectivity index (χ4n) is 1.39. The first-order valence-electron chi connectivity index (χ1n) is 5.26. The highest BCUT2D eigenvalue weighted by molar-refractivity contribution is 5.58. The lowest BCUT2D eigenvalue weighted by Gasteiger charge is -2.29. The van der Waals surface area contributed by atoms with E-state index in [1.807, 2.05) is 32.0 Å². The van der Waals surface area contributed by atoms with Gasteiger partial charge in [0.1, 0.15) is 0 Å². The number of hydrogen-bond acceptors (Lipinski definition) is 3. The summed E-state index contributed by atoms with van der Waals surface area (Å²) >= 11 is 0. The van der Waals surface area contributed by atoms with E-state index < -0.39 is 0 Å². The van der Waals surface area contributed by atoms with Crippen molar-refractivity contribution < 1.29 is 5.11 Å². The maximum absolute atomic E-state index is 9.30. The largest absolute Gasteiger partial charge is 0.399 e. The zero-order valence-corrected chi connectivity index (χ0v) is 9.67. The standard InChI is InChI=1S/C12H20N2O/c1-4-12(3,8-15)14-11-6-5-10(13)7-9(11)2/h5-7,14-15H,4,8,13H2,1-3H3.